The normalized spacial score (nSPS) is 19.8. The van der Waals surface area contributed by atoms with Crippen molar-refractivity contribution in [1.82, 2.24) is 15.3 Å². The number of aromatic nitrogens is 2. The lowest BCUT2D eigenvalue weighted by Crippen LogP contribution is -2.49. The maximum atomic E-state index is 6.34. The Morgan fingerprint density at radius 3 is 2.59 bits per heavy atom. The number of benzene rings is 2. The Morgan fingerprint density at radius 2 is 1.89 bits per heavy atom. The SMILES string of the molecule is COc1ccc([C@@H](C)N[C@@H]2CCCC23CCN(c2cnc(Sc4cccc(N)c4Cl)c(N)n2)CC3)cc1. The van der Waals surface area contributed by atoms with Gasteiger partial charge in [-0.1, -0.05) is 48.0 Å². The minimum absolute atomic E-state index is 0.299. The van der Waals surface area contributed by atoms with Gasteiger partial charge in [-0.25, -0.2) is 9.97 Å². The smallest absolute Gasteiger partial charge is 0.158 e. The number of halogens is 1. The maximum absolute atomic E-state index is 6.34. The van der Waals surface area contributed by atoms with Crippen LogP contribution in [0.3, 0.4) is 0 Å². The Hall–Kier alpha value is -2.68. The van der Waals surface area contributed by atoms with Gasteiger partial charge in [0.1, 0.15) is 16.6 Å². The first kappa shape index (κ1) is 25.9. The number of hydrogen-bond donors (Lipinski definition) is 3. The van der Waals surface area contributed by atoms with Crippen molar-refractivity contribution in [2.24, 2.45) is 5.41 Å². The predicted molar refractivity (Wildman–Crippen MR) is 152 cm³/mol. The van der Waals surface area contributed by atoms with Crippen molar-refractivity contribution in [3.63, 3.8) is 0 Å². The number of piperidine rings is 1. The molecule has 2 heterocycles. The van der Waals surface area contributed by atoms with E-state index in [9.17, 15) is 0 Å². The van der Waals surface area contributed by atoms with Crippen molar-refractivity contribution in [2.75, 3.05) is 36.6 Å². The number of rotatable bonds is 7. The number of anilines is 3. The lowest BCUT2D eigenvalue weighted by Gasteiger charge is -2.44. The topological polar surface area (TPSA) is 102 Å². The van der Waals surface area contributed by atoms with E-state index in [-0.39, 0.29) is 0 Å². The lowest BCUT2D eigenvalue weighted by molar-refractivity contribution is 0.163. The van der Waals surface area contributed by atoms with E-state index in [4.69, 9.17) is 32.8 Å². The average molecular weight is 539 g/mol. The van der Waals surface area contributed by atoms with Crippen LogP contribution in [0.2, 0.25) is 5.02 Å². The van der Waals surface area contributed by atoms with Gasteiger partial charge in [0.25, 0.3) is 0 Å². The third-order valence-electron chi connectivity index (χ3n) is 8.01. The number of nitrogens with zero attached hydrogens (tertiary/aromatic N) is 3. The van der Waals surface area contributed by atoms with Gasteiger partial charge in [-0.2, -0.15) is 0 Å². The van der Waals surface area contributed by atoms with Gasteiger partial charge in [0.15, 0.2) is 5.82 Å². The molecule has 0 amide bonds. The quantitative estimate of drug-likeness (QED) is 0.317. The molecule has 2 fully saturated rings. The van der Waals surface area contributed by atoms with Crippen molar-refractivity contribution in [2.45, 2.75) is 61.0 Å². The molecule has 2 atom stereocenters. The molecule has 37 heavy (non-hydrogen) atoms. The fourth-order valence-corrected chi connectivity index (χ4v) is 6.85. The number of nitrogens with one attached hydrogen (secondary N) is 1. The van der Waals surface area contributed by atoms with Crippen LogP contribution in [0, 0.1) is 5.41 Å². The Labute approximate surface area is 228 Å². The first-order valence-electron chi connectivity index (χ1n) is 12.9. The molecule has 0 bridgehead atoms. The van der Waals surface area contributed by atoms with E-state index in [1.807, 2.05) is 30.5 Å². The third-order valence-corrected chi connectivity index (χ3v) is 9.61. The fraction of sp³-hybridized carbons (Fsp3) is 0.429. The number of nitrogen functional groups attached to an aromatic ring is 2. The van der Waals surface area contributed by atoms with Gasteiger partial charge in [0, 0.05) is 30.1 Å². The zero-order valence-electron chi connectivity index (χ0n) is 21.4. The van der Waals surface area contributed by atoms with Crippen LogP contribution in [-0.4, -0.2) is 36.2 Å². The minimum atomic E-state index is 0.299. The van der Waals surface area contributed by atoms with Crippen LogP contribution in [-0.2, 0) is 0 Å². The van der Waals surface area contributed by atoms with Crippen molar-refractivity contribution >= 4 is 40.7 Å². The van der Waals surface area contributed by atoms with Crippen molar-refractivity contribution in [1.29, 1.82) is 0 Å². The number of ether oxygens (including phenoxy) is 1. The van der Waals surface area contributed by atoms with Gasteiger partial charge < -0.3 is 26.4 Å². The van der Waals surface area contributed by atoms with E-state index >= 15 is 0 Å². The summed E-state index contributed by atoms with van der Waals surface area (Å²) < 4.78 is 5.31. The summed E-state index contributed by atoms with van der Waals surface area (Å²) in [4.78, 5) is 12.5. The molecule has 9 heteroatoms. The molecule has 2 aromatic carbocycles. The van der Waals surface area contributed by atoms with Gasteiger partial charge in [0.2, 0.25) is 0 Å². The molecule has 2 aliphatic rings. The molecule has 5 rings (SSSR count). The first-order valence-corrected chi connectivity index (χ1v) is 14.1. The average Bonchev–Trinajstić information content (AvgIpc) is 3.29. The van der Waals surface area contributed by atoms with Gasteiger partial charge in [-0.15, -0.1) is 0 Å². The Kier molecular flexibility index (Phi) is 7.70. The van der Waals surface area contributed by atoms with E-state index in [0.29, 0.717) is 39.1 Å². The highest BCUT2D eigenvalue weighted by molar-refractivity contribution is 7.99. The molecule has 196 valence electrons. The Morgan fingerprint density at radius 1 is 1.14 bits per heavy atom. The van der Waals surface area contributed by atoms with Crippen LogP contribution in [0.5, 0.6) is 5.75 Å². The zero-order chi connectivity index (χ0) is 26.0. The van der Waals surface area contributed by atoms with Gasteiger partial charge in [-0.05, 0) is 67.9 Å². The number of methoxy groups -OCH3 is 1. The summed E-state index contributed by atoms with van der Waals surface area (Å²) >= 11 is 7.73. The fourth-order valence-electron chi connectivity index (χ4n) is 5.79. The molecule has 1 aliphatic heterocycles. The molecular formula is C28H35ClN6OS. The van der Waals surface area contributed by atoms with Crippen molar-refractivity contribution < 1.29 is 4.74 Å². The van der Waals surface area contributed by atoms with Crippen LogP contribution in [0.15, 0.2) is 58.6 Å². The van der Waals surface area contributed by atoms with Crippen molar-refractivity contribution in [3.8, 4) is 5.75 Å². The van der Waals surface area contributed by atoms with Crippen LogP contribution in [0.25, 0.3) is 0 Å². The largest absolute Gasteiger partial charge is 0.497 e. The summed E-state index contributed by atoms with van der Waals surface area (Å²) in [5, 5.41) is 5.12. The summed E-state index contributed by atoms with van der Waals surface area (Å²) in [7, 11) is 1.70. The first-order chi connectivity index (χ1) is 17.9. The predicted octanol–water partition coefficient (Wildman–Crippen LogP) is 5.94. The summed E-state index contributed by atoms with van der Waals surface area (Å²) in [6.45, 7) is 4.17. The second kappa shape index (κ2) is 11.0. The highest BCUT2D eigenvalue weighted by atomic mass is 35.5. The van der Waals surface area contributed by atoms with Gasteiger partial charge in [-0.3, -0.25) is 0 Å². The van der Waals surface area contributed by atoms with E-state index in [2.05, 4.69) is 34.3 Å². The molecule has 3 aromatic rings. The molecular weight excluding hydrogens is 504 g/mol. The van der Waals surface area contributed by atoms with E-state index < -0.39 is 0 Å². The second-order valence-electron chi connectivity index (χ2n) is 10.1. The molecule has 1 spiro atoms. The Balaban J connectivity index is 1.22. The Bertz CT molecular complexity index is 1230. The summed E-state index contributed by atoms with van der Waals surface area (Å²) in [5.74, 6) is 2.14. The standard InChI is InChI=1S/C28H35ClN6OS/c1-18(19-8-10-20(36-2)11-9-19)33-23-7-4-12-28(23)13-15-35(16-14-28)24-17-32-27(26(31)34-24)37-22-6-3-5-21(30)25(22)29/h3,5-6,8-11,17-18,23,33H,4,7,12-16,30H2,1-2H3,(H2,31,34)/t18-,23-/m1/s1. The molecule has 5 N–H and O–H groups in total. The van der Waals surface area contributed by atoms with E-state index in [1.165, 1.54) is 36.6 Å². The van der Waals surface area contributed by atoms with Crippen LogP contribution >= 0.6 is 23.4 Å². The zero-order valence-corrected chi connectivity index (χ0v) is 23.0. The molecule has 1 saturated heterocycles. The maximum Gasteiger partial charge on any atom is 0.158 e. The summed E-state index contributed by atoms with van der Waals surface area (Å²) in [5.41, 5.74) is 14.4. The van der Waals surface area contributed by atoms with Gasteiger partial charge in [0.05, 0.1) is 24.0 Å². The second-order valence-corrected chi connectivity index (χ2v) is 11.5. The van der Waals surface area contributed by atoms with Crippen LogP contribution < -0.4 is 26.4 Å². The summed E-state index contributed by atoms with van der Waals surface area (Å²) in [6.07, 6.45) is 7.88. The monoisotopic (exact) mass is 538 g/mol. The minimum Gasteiger partial charge on any atom is -0.497 e. The highest BCUT2D eigenvalue weighted by Gasteiger charge is 2.45. The van der Waals surface area contributed by atoms with E-state index in [1.54, 1.807) is 13.2 Å². The number of nitrogens with two attached hydrogens (primary N) is 2. The molecule has 0 radical (unpaired) electrons. The molecule has 1 saturated carbocycles. The highest BCUT2D eigenvalue weighted by Crippen LogP contribution is 2.48. The van der Waals surface area contributed by atoms with E-state index in [0.717, 1.165) is 42.4 Å². The van der Waals surface area contributed by atoms with Crippen molar-refractivity contribution in [3.05, 3.63) is 59.2 Å². The molecule has 0 unspecified atom stereocenters. The molecule has 1 aromatic heterocycles. The van der Waals surface area contributed by atoms with Crippen LogP contribution in [0.1, 0.15) is 50.6 Å². The van der Waals surface area contributed by atoms with Gasteiger partial charge >= 0.3 is 0 Å². The summed E-state index contributed by atoms with van der Waals surface area (Å²) in [6, 6.07) is 14.8. The molecule has 7 nitrogen and oxygen atoms in total. The lowest BCUT2D eigenvalue weighted by atomic mass is 9.73. The molecule has 1 aliphatic carbocycles. The number of hydrogen-bond acceptors (Lipinski definition) is 8. The third kappa shape index (κ3) is 5.47. The van der Waals surface area contributed by atoms with Crippen LogP contribution in [0.4, 0.5) is 17.3 Å².